The van der Waals surface area contributed by atoms with Gasteiger partial charge in [0.05, 0.1) is 0 Å². The molecule has 18 heavy (non-hydrogen) atoms. The van der Waals surface area contributed by atoms with E-state index < -0.39 is 0 Å². The van der Waals surface area contributed by atoms with Crippen molar-refractivity contribution < 1.29 is 0 Å². The molecule has 0 bridgehead atoms. The van der Waals surface area contributed by atoms with Gasteiger partial charge in [-0.2, -0.15) is 11.3 Å². The Morgan fingerprint density at radius 3 is 2.78 bits per heavy atom. The van der Waals surface area contributed by atoms with E-state index in [0.717, 1.165) is 17.3 Å². The standard InChI is InChI=1S/C14H16N2S2/c1-11-5-3-4-6-13(11)15-14(17)16(2)9-12-7-8-18-10-12/h3-8,10H,9H2,1-2H3,(H,15,17). The van der Waals surface area contributed by atoms with Gasteiger partial charge in [0.1, 0.15) is 0 Å². The lowest BCUT2D eigenvalue weighted by Crippen LogP contribution is -2.30. The number of hydrogen-bond acceptors (Lipinski definition) is 2. The summed E-state index contributed by atoms with van der Waals surface area (Å²) in [5.74, 6) is 0. The van der Waals surface area contributed by atoms with Crippen molar-refractivity contribution in [3.05, 3.63) is 52.2 Å². The van der Waals surface area contributed by atoms with E-state index in [1.165, 1.54) is 11.1 Å². The van der Waals surface area contributed by atoms with Gasteiger partial charge in [-0.15, -0.1) is 0 Å². The molecule has 0 aliphatic rings. The highest BCUT2D eigenvalue weighted by Gasteiger charge is 2.06. The zero-order valence-electron chi connectivity index (χ0n) is 10.5. The molecule has 1 aromatic heterocycles. The fourth-order valence-corrected chi connectivity index (χ4v) is 2.49. The first-order valence-corrected chi connectivity index (χ1v) is 7.11. The van der Waals surface area contributed by atoms with Crippen molar-refractivity contribution in [2.45, 2.75) is 13.5 Å². The molecule has 1 aromatic carbocycles. The van der Waals surface area contributed by atoms with Crippen LogP contribution >= 0.6 is 23.6 Å². The van der Waals surface area contributed by atoms with E-state index in [-0.39, 0.29) is 0 Å². The fourth-order valence-electron chi connectivity index (χ4n) is 1.65. The van der Waals surface area contributed by atoms with Crippen LogP contribution in [0.1, 0.15) is 11.1 Å². The number of hydrogen-bond donors (Lipinski definition) is 1. The van der Waals surface area contributed by atoms with Crippen LogP contribution in [0.3, 0.4) is 0 Å². The second-order valence-corrected chi connectivity index (χ2v) is 5.40. The van der Waals surface area contributed by atoms with Gasteiger partial charge >= 0.3 is 0 Å². The summed E-state index contributed by atoms with van der Waals surface area (Å²) in [5, 5.41) is 8.26. The minimum atomic E-state index is 0.746. The van der Waals surface area contributed by atoms with Crippen molar-refractivity contribution in [1.29, 1.82) is 0 Å². The van der Waals surface area contributed by atoms with Gasteiger partial charge in [0.25, 0.3) is 0 Å². The number of thiocarbonyl (C=S) groups is 1. The van der Waals surface area contributed by atoms with Crippen LogP contribution < -0.4 is 5.32 Å². The third kappa shape index (κ3) is 3.31. The molecule has 2 aromatic rings. The average molecular weight is 276 g/mol. The van der Waals surface area contributed by atoms with Crippen LogP contribution in [-0.2, 0) is 6.54 Å². The van der Waals surface area contributed by atoms with Gasteiger partial charge in [-0.25, -0.2) is 0 Å². The third-order valence-corrected chi connectivity index (χ3v) is 3.88. The molecule has 94 valence electrons. The summed E-state index contributed by atoms with van der Waals surface area (Å²) in [4.78, 5) is 2.05. The lowest BCUT2D eigenvalue weighted by Gasteiger charge is -2.21. The molecule has 0 saturated carbocycles. The van der Waals surface area contributed by atoms with Crippen LogP contribution in [0, 0.1) is 6.92 Å². The molecule has 0 aliphatic carbocycles. The van der Waals surface area contributed by atoms with Crippen LogP contribution in [0.2, 0.25) is 0 Å². The molecule has 0 fully saturated rings. The Labute approximate surface area is 117 Å². The molecular formula is C14H16N2S2. The smallest absolute Gasteiger partial charge is 0.173 e. The molecular weight excluding hydrogens is 260 g/mol. The van der Waals surface area contributed by atoms with E-state index in [4.69, 9.17) is 12.2 Å². The first-order valence-electron chi connectivity index (χ1n) is 5.75. The Balaban J connectivity index is 1.98. The second kappa shape index (κ2) is 5.98. The van der Waals surface area contributed by atoms with Gasteiger partial charge in [0, 0.05) is 19.3 Å². The summed E-state index contributed by atoms with van der Waals surface area (Å²) < 4.78 is 0. The highest BCUT2D eigenvalue weighted by molar-refractivity contribution is 7.80. The largest absolute Gasteiger partial charge is 0.348 e. The fraction of sp³-hybridized carbons (Fsp3) is 0.214. The Morgan fingerprint density at radius 2 is 2.11 bits per heavy atom. The first kappa shape index (κ1) is 13.1. The predicted octanol–water partition coefficient (Wildman–Crippen LogP) is 3.89. The van der Waals surface area contributed by atoms with Crippen molar-refractivity contribution >= 4 is 34.4 Å². The maximum absolute atomic E-state index is 5.41. The highest BCUT2D eigenvalue weighted by Crippen LogP contribution is 2.15. The molecule has 4 heteroatoms. The molecule has 0 radical (unpaired) electrons. The van der Waals surface area contributed by atoms with E-state index in [0.29, 0.717) is 0 Å². The number of nitrogens with zero attached hydrogens (tertiary/aromatic N) is 1. The number of aryl methyl sites for hydroxylation is 1. The minimum Gasteiger partial charge on any atom is -0.348 e. The summed E-state index contributed by atoms with van der Waals surface area (Å²) in [6.07, 6.45) is 0. The topological polar surface area (TPSA) is 15.3 Å². The van der Waals surface area contributed by atoms with E-state index in [1.54, 1.807) is 11.3 Å². The maximum atomic E-state index is 5.41. The SMILES string of the molecule is Cc1ccccc1NC(=S)N(C)Cc1ccsc1. The minimum absolute atomic E-state index is 0.746. The van der Waals surface area contributed by atoms with Gasteiger partial charge in [-0.05, 0) is 53.2 Å². The summed E-state index contributed by atoms with van der Waals surface area (Å²) in [6, 6.07) is 10.3. The molecule has 2 nitrogen and oxygen atoms in total. The normalized spacial score (nSPS) is 10.1. The second-order valence-electron chi connectivity index (χ2n) is 4.23. The quantitative estimate of drug-likeness (QED) is 0.856. The number of rotatable bonds is 3. The first-order chi connectivity index (χ1) is 8.66. The Hall–Kier alpha value is -1.39. The Bertz CT molecular complexity index is 520. The molecule has 0 saturated heterocycles. The molecule has 0 aliphatic heterocycles. The zero-order chi connectivity index (χ0) is 13.0. The number of thiophene rings is 1. The molecule has 1 heterocycles. The van der Waals surface area contributed by atoms with Crippen LogP contribution in [0.25, 0.3) is 0 Å². The molecule has 0 amide bonds. The number of anilines is 1. The number of para-hydroxylation sites is 1. The zero-order valence-corrected chi connectivity index (χ0v) is 12.1. The Kier molecular flexibility index (Phi) is 4.33. The van der Waals surface area contributed by atoms with Crippen molar-refractivity contribution in [3.8, 4) is 0 Å². The number of nitrogens with one attached hydrogen (secondary N) is 1. The average Bonchev–Trinajstić information content (AvgIpc) is 2.84. The van der Waals surface area contributed by atoms with E-state index in [1.807, 2.05) is 30.1 Å². The summed E-state index contributed by atoms with van der Waals surface area (Å²) >= 11 is 7.12. The van der Waals surface area contributed by atoms with Gasteiger partial charge in [0.2, 0.25) is 0 Å². The van der Waals surface area contributed by atoms with E-state index in [9.17, 15) is 0 Å². The van der Waals surface area contributed by atoms with E-state index >= 15 is 0 Å². The van der Waals surface area contributed by atoms with Crippen LogP contribution in [0.4, 0.5) is 5.69 Å². The van der Waals surface area contributed by atoms with Gasteiger partial charge < -0.3 is 10.2 Å². The highest BCUT2D eigenvalue weighted by atomic mass is 32.1. The van der Waals surface area contributed by atoms with Crippen LogP contribution in [-0.4, -0.2) is 17.1 Å². The Morgan fingerprint density at radius 1 is 1.33 bits per heavy atom. The summed E-state index contributed by atoms with van der Waals surface area (Å²) in [5.41, 5.74) is 3.56. The molecule has 0 atom stereocenters. The molecule has 0 spiro atoms. The monoisotopic (exact) mass is 276 g/mol. The van der Waals surface area contributed by atoms with Crippen molar-refractivity contribution in [2.24, 2.45) is 0 Å². The van der Waals surface area contributed by atoms with Crippen LogP contribution in [0.5, 0.6) is 0 Å². The maximum Gasteiger partial charge on any atom is 0.173 e. The molecule has 1 N–H and O–H groups in total. The number of benzene rings is 1. The predicted molar refractivity (Wildman–Crippen MR) is 83.2 cm³/mol. The lowest BCUT2D eigenvalue weighted by molar-refractivity contribution is 0.509. The molecule has 0 unspecified atom stereocenters. The summed E-state index contributed by atoms with van der Waals surface area (Å²) in [7, 11) is 2.01. The van der Waals surface area contributed by atoms with Crippen LogP contribution in [0.15, 0.2) is 41.1 Å². The van der Waals surface area contributed by atoms with Crippen molar-refractivity contribution in [3.63, 3.8) is 0 Å². The lowest BCUT2D eigenvalue weighted by atomic mass is 10.2. The third-order valence-electron chi connectivity index (χ3n) is 2.73. The van der Waals surface area contributed by atoms with E-state index in [2.05, 4.69) is 35.1 Å². The molecule has 2 rings (SSSR count). The van der Waals surface area contributed by atoms with Crippen molar-refractivity contribution in [1.82, 2.24) is 4.90 Å². The summed E-state index contributed by atoms with van der Waals surface area (Å²) in [6.45, 7) is 2.91. The van der Waals surface area contributed by atoms with Gasteiger partial charge in [0.15, 0.2) is 5.11 Å². The van der Waals surface area contributed by atoms with Gasteiger partial charge in [-0.1, -0.05) is 18.2 Å². The van der Waals surface area contributed by atoms with Crippen molar-refractivity contribution in [2.75, 3.05) is 12.4 Å². The van der Waals surface area contributed by atoms with Gasteiger partial charge in [-0.3, -0.25) is 0 Å².